The Bertz CT molecular complexity index is 2970. The van der Waals surface area contributed by atoms with Crippen molar-refractivity contribution in [3.05, 3.63) is 268 Å². The van der Waals surface area contributed by atoms with Gasteiger partial charge in [-0.25, -0.2) is 0 Å². The van der Waals surface area contributed by atoms with Crippen molar-refractivity contribution in [1.82, 2.24) is 0 Å². The SMILES string of the molecule is COc1cc(OCc2ccccc2)c(C(=O)/C=C/c2ccc(OCc3ccccc3)cc2)c(O)c1[C@@H]1O[C@H](COCc2ccccc2)[C@@H](OCc2ccccc2)[C@H](OCc2ccccc2)[C@H]1OCc1ccccc1. The quantitative estimate of drug-likeness (QED) is 0.0464. The minimum absolute atomic E-state index is 0.0768. The van der Waals surface area contributed by atoms with E-state index in [0.29, 0.717) is 19.0 Å². The summed E-state index contributed by atoms with van der Waals surface area (Å²) in [6, 6.07) is 68.1. The van der Waals surface area contributed by atoms with Gasteiger partial charge in [0.15, 0.2) is 5.78 Å². The van der Waals surface area contributed by atoms with Crippen LogP contribution < -0.4 is 14.2 Å². The minimum atomic E-state index is -1.11. The molecule has 0 amide bonds. The largest absolute Gasteiger partial charge is 0.506 e. The highest BCUT2D eigenvalue weighted by atomic mass is 16.6. The lowest BCUT2D eigenvalue weighted by Gasteiger charge is -2.46. The van der Waals surface area contributed by atoms with Gasteiger partial charge >= 0.3 is 0 Å². The maximum atomic E-state index is 14.8. The van der Waals surface area contributed by atoms with Crippen LogP contribution in [0, 0.1) is 0 Å². The van der Waals surface area contributed by atoms with E-state index < -0.39 is 36.3 Å². The first kappa shape index (κ1) is 51.1. The molecular weight excluding hydrogens is 929 g/mol. The molecule has 1 N–H and O–H groups in total. The first-order chi connectivity index (χ1) is 36.5. The average Bonchev–Trinajstić information content (AvgIpc) is 3.46. The number of hydrogen-bond acceptors (Lipinski definition) is 10. The lowest BCUT2D eigenvalue weighted by molar-refractivity contribution is -0.275. The molecule has 1 saturated heterocycles. The van der Waals surface area contributed by atoms with E-state index in [-0.39, 0.29) is 61.4 Å². The minimum Gasteiger partial charge on any atom is -0.506 e. The summed E-state index contributed by atoms with van der Waals surface area (Å²) < 4.78 is 53.3. The summed E-state index contributed by atoms with van der Waals surface area (Å²) in [6.45, 7) is 1.51. The molecule has 1 aliphatic heterocycles. The first-order valence-corrected chi connectivity index (χ1v) is 24.8. The number of methoxy groups -OCH3 is 1. The molecule has 1 fully saturated rings. The van der Waals surface area contributed by atoms with Gasteiger partial charge in [0.1, 0.15) is 72.3 Å². The molecule has 8 aromatic rings. The number of benzene rings is 8. The molecular formula is C64H60O10. The van der Waals surface area contributed by atoms with Crippen molar-refractivity contribution in [3.8, 4) is 23.0 Å². The molecule has 1 aliphatic rings. The zero-order valence-electron chi connectivity index (χ0n) is 41.3. The number of carbonyl (C=O) groups excluding carboxylic acids is 1. The van der Waals surface area contributed by atoms with Crippen LogP contribution in [0.5, 0.6) is 23.0 Å². The standard InChI is InChI=1S/C64H60O10/c1-67-55-38-56(70-41-49-24-12-4-13-25-49)58(54(65)37-34-46-32-35-53(36-33-46)69-40-48-22-10-3-11-23-48)60(66)59(55)62-64(73-44-52-30-18-7-19-31-52)63(72-43-51-28-16-6-17-29-51)61(71-42-50-26-14-5-15-27-50)57(74-62)45-68-39-47-20-8-2-9-21-47/h2-38,57,61-64,66H,39-45H2,1H3/b37-34+/t57-,61-,62+,63+,64+/m1/s1. The number of aromatic hydroxyl groups is 1. The van der Waals surface area contributed by atoms with Crippen molar-refractivity contribution in [2.24, 2.45) is 0 Å². The summed E-state index contributed by atoms with van der Waals surface area (Å²) in [6.07, 6.45) is -1.33. The molecule has 10 nitrogen and oxygen atoms in total. The second-order valence-corrected chi connectivity index (χ2v) is 17.9. The van der Waals surface area contributed by atoms with Crippen LogP contribution in [0.1, 0.15) is 61.0 Å². The molecule has 0 radical (unpaired) electrons. The zero-order valence-corrected chi connectivity index (χ0v) is 41.3. The molecule has 8 aromatic carbocycles. The van der Waals surface area contributed by atoms with Crippen molar-refractivity contribution in [3.63, 3.8) is 0 Å². The zero-order chi connectivity index (χ0) is 50.7. The molecule has 9 rings (SSSR count). The predicted molar refractivity (Wildman–Crippen MR) is 285 cm³/mol. The Morgan fingerprint density at radius 1 is 0.500 bits per heavy atom. The first-order valence-electron chi connectivity index (χ1n) is 24.8. The van der Waals surface area contributed by atoms with Crippen LogP contribution >= 0.6 is 0 Å². The number of ether oxygens (including phenoxy) is 8. The maximum absolute atomic E-state index is 14.8. The Balaban J connectivity index is 1.12. The summed E-state index contributed by atoms with van der Waals surface area (Å²) in [5.41, 5.74) is 6.53. The van der Waals surface area contributed by atoms with E-state index in [2.05, 4.69) is 0 Å². The van der Waals surface area contributed by atoms with Gasteiger partial charge in [-0.15, -0.1) is 0 Å². The fraction of sp³-hybridized carbons (Fsp3) is 0.203. The van der Waals surface area contributed by atoms with E-state index in [0.717, 1.165) is 38.9 Å². The number of phenolic OH excluding ortho intramolecular Hbond substituents is 1. The third-order valence-electron chi connectivity index (χ3n) is 12.7. The second kappa shape index (κ2) is 26.2. The highest BCUT2D eigenvalue weighted by Crippen LogP contribution is 2.49. The van der Waals surface area contributed by atoms with Gasteiger partial charge in [-0.05, 0) is 57.2 Å². The number of phenols is 1. The fourth-order valence-corrected chi connectivity index (χ4v) is 8.86. The van der Waals surface area contributed by atoms with Crippen LogP contribution in [0.4, 0.5) is 0 Å². The molecule has 0 aliphatic carbocycles. The van der Waals surface area contributed by atoms with Gasteiger partial charge in [-0.3, -0.25) is 4.79 Å². The molecule has 0 bridgehead atoms. The van der Waals surface area contributed by atoms with E-state index in [1.54, 1.807) is 12.1 Å². The van der Waals surface area contributed by atoms with Gasteiger partial charge in [0.2, 0.25) is 0 Å². The van der Waals surface area contributed by atoms with Gasteiger partial charge in [0.25, 0.3) is 0 Å². The van der Waals surface area contributed by atoms with Crippen molar-refractivity contribution >= 4 is 11.9 Å². The lowest BCUT2D eigenvalue weighted by Crippen LogP contribution is -2.58. The molecule has 0 saturated carbocycles. The third kappa shape index (κ3) is 13.8. The van der Waals surface area contributed by atoms with E-state index in [1.807, 2.05) is 206 Å². The topological polar surface area (TPSA) is 111 Å². The Hall–Kier alpha value is -7.83. The van der Waals surface area contributed by atoms with Crippen LogP contribution in [0.3, 0.4) is 0 Å². The molecule has 0 unspecified atom stereocenters. The summed E-state index contributed by atoms with van der Waals surface area (Å²) in [7, 11) is 1.51. The van der Waals surface area contributed by atoms with Gasteiger partial charge in [0.05, 0.1) is 45.7 Å². The van der Waals surface area contributed by atoms with Crippen molar-refractivity contribution in [1.29, 1.82) is 0 Å². The van der Waals surface area contributed by atoms with Gasteiger partial charge in [0, 0.05) is 6.07 Å². The number of ketones is 1. The van der Waals surface area contributed by atoms with Crippen LogP contribution in [0.15, 0.2) is 218 Å². The van der Waals surface area contributed by atoms with Gasteiger partial charge < -0.3 is 43.0 Å². The molecule has 1 heterocycles. The smallest absolute Gasteiger partial charge is 0.193 e. The highest BCUT2D eigenvalue weighted by molar-refractivity contribution is 6.11. The Morgan fingerprint density at radius 3 is 1.42 bits per heavy atom. The lowest BCUT2D eigenvalue weighted by atomic mass is 9.87. The van der Waals surface area contributed by atoms with E-state index in [4.69, 9.17) is 37.9 Å². The van der Waals surface area contributed by atoms with Crippen LogP contribution in [-0.2, 0) is 63.3 Å². The third-order valence-corrected chi connectivity index (χ3v) is 12.7. The fourth-order valence-electron chi connectivity index (χ4n) is 8.86. The Morgan fingerprint density at radius 2 is 0.932 bits per heavy atom. The molecule has 0 spiro atoms. The summed E-state index contributed by atoms with van der Waals surface area (Å²) in [4.78, 5) is 14.8. The summed E-state index contributed by atoms with van der Waals surface area (Å²) in [5, 5.41) is 12.9. The molecule has 5 atom stereocenters. The summed E-state index contributed by atoms with van der Waals surface area (Å²) in [5.74, 6) is 0.113. The molecule has 376 valence electrons. The number of rotatable bonds is 24. The monoisotopic (exact) mass is 988 g/mol. The van der Waals surface area contributed by atoms with Gasteiger partial charge in [-0.2, -0.15) is 0 Å². The molecule has 74 heavy (non-hydrogen) atoms. The number of hydrogen-bond donors (Lipinski definition) is 1. The molecule has 0 aromatic heterocycles. The van der Waals surface area contributed by atoms with Crippen LogP contribution in [-0.4, -0.2) is 49.0 Å². The maximum Gasteiger partial charge on any atom is 0.193 e. The molecule has 10 heteroatoms. The number of carbonyl (C=O) groups is 1. The van der Waals surface area contributed by atoms with Crippen molar-refractivity contribution < 1.29 is 47.8 Å². The van der Waals surface area contributed by atoms with E-state index in [1.165, 1.54) is 13.2 Å². The predicted octanol–water partition coefficient (Wildman–Crippen LogP) is 12.9. The Labute approximate surface area is 433 Å². The Kier molecular flexibility index (Phi) is 18.1. The van der Waals surface area contributed by atoms with E-state index in [9.17, 15) is 9.90 Å². The summed E-state index contributed by atoms with van der Waals surface area (Å²) >= 11 is 0. The van der Waals surface area contributed by atoms with Crippen LogP contribution in [0.25, 0.3) is 6.08 Å². The van der Waals surface area contributed by atoms with Crippen LogP contribution in [0.2, 0.25) is 0 Å². The van der Waals surface area contributed by atoms with Crippen molar-refractivity contribution in [2.45, 2.75) is 70.2 Å². The highest BCUT2D eigenvalue weighted by Gasteiger charge is 2.51. The van der Waals surface area contributed by atoms with Crippen molar-refractivity contribution in [2.75, 3.05) is 13.7 Å². The second-order valence-electron chi connectivity index (χ2n) is 17.9. The van der Waals surface area contributed by atoms with Gasteiger partial charge in [-0.1, -0.05) is 200 Å². The normalized spacial score (nSPS) is 17.4. The van der Waals surface area contributed by atoms with E-state index >= 15 is 0 Å². The average molecular weight is 989 g/mol. The number of allylic oxidation sites excluding steroid dienone is 1.